The van der Waals surface area contributed by atoms with Gasteiger partial charge in [0.25, 0.3) is 5.91 Å². The molecule has 0 saturated carbocycles. The van der Waals surface area contributed by atoms with Crippen LogP contribution in [0.4, 0.5) is 0 Å². The zero-order valence-electron chi connectivity index (χ0n) is 16.4. The van der Waals surface area contributed by atoms with Gasteiger partial charge in [-0.05, 0) is 42.0 Å². The van der Waals surface area contributed by atoms with Gasteiger partial charge in [0, 0.05) is 43.8 Å². The van der Waals surface area contributed by atoms with E-state index in [9.17, 15) is 13.2 Å². The number of ether oxygens (including phenoxy) is 1. The molecule has 2 aromatic heterocycles. The van der Waals surface area contributed by atoms with Gasteiger partial charge in [-0.25, -0.2) is 18.1 Å². The minimum Gasteiger partial charge on any atom is -0.379 e. The molecule has 0 unspecified atom stereocenters. The molecule has 0 spiro atoms. The largest absolute Gasteiger partial charge is 0.379 e. The van der Waals surface area contributed by atoms with Crippen LogP contribution in [0.1, 0.15) is 15.9 Å². The highest BCUT2D eigenvalue weighted by Gasteiger charge is 2.29. The van der Waals surface area contributed by atoms with Crippen LogP contribution in [0.5, 0.6) is 0 Å². The first-order valence-electron chi connectivity index (χ1n) is 9.56. The lowest BCUT2D eigenvalue weighted by atomic mass is 10.2. The Morgan fingerprint density at radius 2 is 1.97 bits per heavy atom. The predicted octanol–water partition coefficient (Wildman–Crippen LogP) is 1.87. The number of benzene rings is 1. The Balaban J connectivity index is 1.49. The Hall–Kier alpha value is -2.79. The number of pyridine rings is 1. The van der Waals surface area contributed by atoms with Gasteiger partial charge < -0.3 is 10.1 Å². The van der Waals surface area contributed by atoms with E-state index in [0.29, 0.717) is 19.0 Å². The summed E-state index contributed by atoms with van der Waals surface area (Å²) in [6.45, 7) is 1.38. The number of amides is 1. The lowest BCUT2D eigenvalue weighted by Gasteiger charge is -2.26. The standard InChI is InChI=1S/C20H20ClN5O4S/c21-17-3-2-16(13-18(17)31(28,29)25-8-10-30-11-9-25)20(27)23-14-15-4-6-22-19(12-15)26-7-1-5-24-26/h1-7,12-13H,8-11,14H2,(H,23,27). The monoisotopic (exact) mass is 461 g/mol. The van der Waals surface area contributed by atoms with Crippen molar-refractivity contribution < 1.29 is 17.9 Å². The summed E-state index contributed by atoms with van der Waals surface area (Å²) in [5.74, 6) is 0.217. The first-order valence-corrected chi connectivity index (χ1v) is 11.4. The molecule has 11 heteroatoms. The number of hydrogen-bond acceptors (Lipinski definition) is 6. The Morgan fingerprint density at radius 1 is 1.16 bits per heavy atom. The summed E-state index contributed by atoms with van der Waals surface area (Å²) in [5.41, 5.74) is 1.03. The Labute approximate surface area is 184 Å². The molecule has 3 heterocycles. The highest BCUT2D eigenvalue weighted by molar-refractivity contribution is 7.89. The highest BCUT2D eigenvalue weighted by atomic mass is 35.5. The topological polar surface area (TPSA) is 106 Å². The molecule has 1 aliphatic heterocycles. The minimum atomic E-state index is -3.82. The molecule has 162 valence electrons. The van der Waals surface area contributed by atoms with E-state index < -0.39 is 15.9 Å². The summed E-state index contributed by atoms with van der Waals surface area (Å²) in [5, 5.41) is 7.00. The second kappa shape index (κ2) is 9.15. The number of rotatable bonds is 6. The third-order valence-electron chi connectivity index (χ3n) is 4.78. The van der Waals surface area contributed by atoms with E-state index in [2.05, 4.69) is 15.4 Å². The van der Waals surface area contributed by atoms with Gasteiger partial charge in [-0.2, -0.15) is 9.40 Å². The van der Waals surface area contributed by atoms with Crippen molar-refractivity contribution in [1.82, 2.24) is 24.4 Å². The molecule has 1 aromatic carbocycles. The van der Waals surface area contributed by atoms with Crippen molar-refractivity contribution in [3.05, 3.63) is 71.1 Å². The third kappa shape index (κ3) is 4.77. The molecule has 1 amide bonds. The predicted molar refractivity (Wildman–Crippen MR) is 114 cm³/mol. The lowest BCUT2D eigenvalue weighted by Crippen LogP contribution is -2.40. The number of aromatic nitrogens is 3. The summed E-state index contributed by atoms with van der Waals surface area (Å²) in [4.78, 5) is 16.8. The quantitative estimate of drug-likeness (QED) is 0.600. The van der Waals surface area contributed by atoms with E-state index in [-0.39, 0.29) is 35.1 Å². The maximum atomic E-state index is 13.0. The lowest BCUT2D eigenvalue weighted by molar-refractivity contribution is 0.0730. The molecule has 1 aliphatic rings. The molecule has 0 aliphatic carbocycles. The van der Waals surface area contributed by atoms with Crippen LogP contribution in [0.2, 0.25) is 5.02 Å². The van der Waals surface area contributed by atoms with Crippen molar-refractivity contribution in [2.75, 3.05) is 26.3 Å². The average molecular weight is 462 g/mol. The number of sulfonamides is 1. The van der Waals surface area contributed by atoms with Gasteiger partial charge >= 0.3 is 0 Å². The van der Waals surface area contributed by atoms with Crippen LogP contribution in [0.3, 0.4) is 0 Å². The first-order chi connectivity index (χ1) is 14.9. The summed E-state index contributed by atoms with van der Waals surface area (Å²) in [6, 6.07) is 9.61. The Bertz CT molecular complexity index is 1180. The number of nitrogens with one attached hydrogen (secondary N) is 1. The second-order valence-corrected chi connectivity index (χ2v) is 9.13. The number of halogens is 1. The van der Waals surface area contributed by atoms with Crippen molar-refractivity contribution in [3.63, 3.8) is 0 Å². The fraction of sp³-hybridized carbons (Fsp3) is 0.250. The van der Waals surface area contributed by atoms with Crippen LogP contribution in [-0.2, 0) is 21.3 Å². The van der Waals surface area contributed by atoms with Crippen LogP contribution in [0.25, 0.3) is 5.82 Å². The third-order valence-corrected chi connectivity index (χ3v) is 7.16. The average Bonchev–Trinajstić information content (AvgIpc) is 3.33. The first kappa shape index (κ1) is 21.4. The molecule has 31 heavy (non-hydrogen) atoms. The fourth-order valence-electron chi connectivity index (χ4n) is 3.15. The molecular weight excluding hydrogens is 442 g/mol. The van der Waals surface area contributed by atoms with Gasteiger partial charge in [0.1, 0.15) is 4.90 Å². The van der Waals surface area contributed by atoms with Crippen LogP contribution in [0, 0.1) is 0 Å². The van der Waals surface area contributed by atoms with Crippen LogP contribution in [0.15, 0.2) is 59.9 Å². The maximum Gasteiger partial charge on any atom is 0.251 e. The number of nitrogens with zero attached hydrogens (tertiary/aromatic N) is 4. The Morgan fingerprint density at radius 3 is 2.71 bits per heavy atom. The van der Waals surface area contributed by atoms with Crippen LogP contribution in [-0.4, -0.2) is 59.7 Å². The Kier molecular flexibility index (Phi) is 6.33. The second-order valence-electron chi connectivity index (χ2n) is 6.82. The van der Waals surface area contributed by atoms with Crippen LogP contribution >= 0.6 is 11.6 Å². The molecule has 9 nitrogen and oxygen atoms in total. The smallest absolute Gasteiger partial charge is 0.251 e. The van der Waals surface area contributed by atoms with E-state index in [1.807, 2.05) is 6.07 Å². The van der Waals surface area contributed by atoms with E-state index in [1.54, 1.807) is 35.4 Å². The molecule has 0 radical (unpaired) electrons. The van der Waals surface area contributed by atoms with E-state index in [1.165, 1.54) is 22.5 Å². The van der Waals surface area contributed by atoms with Crippen molar-refractivity contribution in [2.45, 2.75) is 11.4 Å². The SMILES string of the molecule is O=C(NCc1ccnc(-n2cccn2)c1)c1ccc(Cl)c(S(=O)(=O)N2CCOCC2)c1. The van der Waals surface area contributed by atoms with E-state index >= 15 is 0 Å². The van der Waals surface area contributed by atoms with Crippen molar-refractivity contribution in [1.29, 1.82) is 0 Å². The zero-order valence-corrected chi connectivity index (χ0v) is 18.0. The molecule has 0 atom stereocenters. The number of hydrogen-bond donors (Lipinski definition) is 1. The summed E-state index contributed by atoms with van der Waals surface area (Å²) in [7, 11) is -3.82. The number of carbonyl (C=O) groups excluding carboxylic acids is 1. The minimum absolute atomic E-state index is 0.0704. The molecule has 4 rings (SSSR count). The normalized spacial score (nSPS) is 15.0. The summed E-state index contributed by atoms with van der Waals surface area (Å²) >= 11 is 6.16. The molecule has 0 bridgehead atoms. The molecule has 1 N–H and O–H groups in total. The van der Waals surface area contributed by atoms with Gasteiger partial charge in [-0.3, -0.25) is 4.79 Å². The maximum absolute atomic E-state index is 13.0. The van der Waals surface area contributed by atoms with E-state index in [0.717, 1.165) is 5.56 Å². The van der Waals surface area contributed by atoms with Crippen molar-refractivity contribution >= 4 is 27.5 Å². The zero-order chi connectivity index (χ0) is 21.8. The van der Waals surface area contributed by atoms with Gasteiger partial charge in [-0.15, -0.1) is 0 Å². The van der Waals surface area contributed by atoms with Gasteiger partial charge in [0.15, 0.2) is 5.82 Å². The van der Waals surface area contributed by atoms with E-state index in [4.69, 9.17) is 16.3 Å². The van der Waals surface area contributed by atoms with Crippen molar-refractivity contribution in [2.24, 2.45) is 0 Å². The van der Waals surface area contributed by atoms with Gasteiger partial charge in [0.2, 0.25) is 10.0 Å². The highest BCUT2D eigenvalue weighted by Crippen LogP contribution is 2.26. The van der Waals surface area contributed by atoms with Gasteiger partial charge in [-0.1, -0.05) is 11.6 Å². The van der Waals surface area contributed by atoms with Crippen molar-refractivity contribution in [3.8, 4) is 5.82 Å². The molecule has 1 fully saturated rings. The number of carbonyl (C=O) groups is 1. The number of morpholine rings is 1. The molecular formula is C20H20ClN5O4S. The molecule has 1 saturated heterocycles. The van der Waals surface area contributed by atoms with Gasteiger partial charge in [0.05, 0.1) is 18.2 Å². The van der Waals surface area contributed by atoms with Crippen LogP contribution < -0.4 is 5.32 Å². The summed E-state index contributed by atoms with van der Waals surface area (Å²) in [6.07, 6.45) is 5.06. The summed E-state index contributed by atoms with van der Waals surface area (Å²) < 4.78 is 34.0. The fourth-order valence-corrected chi connectivity index (χ4v) is 5.06. The molecule has 3 aromatic rings.